The molecule has 1 aromatic rings. The van der Waals surface area contributed by atoms with Crippen LogP contribution in [0.25, 0.3) is 0 Å². The molecule has 2 N–H and O–H groups in total. The Hall–Kier alpha value is -2.04. The summed E-state index contributed by atoms with van der Waals surface area (Å²) in [5.41, 5.74) is 1.03. The SMILES string of the molecule is CC(C)CC(CNC(=O)N(C)Cc1ccccc1)C(=O)O. The van der Waals surface area contributed by atoms with Crippen LogP contribution >= 0.6 is 0 Å². The Bertz CT molecular complexity index is 460. The average Bonchev–Trinajstić information content (AvgIpc) is 2.43. The highest BCUT2D eigenvalue weighted by Crippen LogP contribution is 2.11. The van der Waals surface area contributed by atoms with Crippen LogP contribution in [0.2, 0.25) is 0 Å². The number of nitrogens with zero attached hydrogens (tertiary/aromatic N) is 1. The lowest BCUT2D eigenvalue weighted by Crippen LogP contribution is -2.41. The van der Waals surface area contributed by atoms with Gasteiger partial charge in [0.2, 0.25) is 0 Å². The molecule has 0 bridgehead atoms. The molecule has 0 aliphatic heterocycles. The minimum Gasteiger partial charge on any atom is -0.481 e. The highest BCUT2D eigenvalue weighted by atomic mass is 16.4. The second-order valence-corrected chi connectivity index (χ2v) is 5.69. The molecule has 21 heavy (non-hydrogen) atoms. The topological polar surface area (TPSA) is 69.6 Å². The first-order valence-corrected chi connectivity index (χ1v) is 7.15. The normalized spacial score (nSPS) is 12.0. The van der Waals surface area contributed by atoms with Crippen LogP contribution in [0.5, 0.6) is 0 Å². The van der Waals surface area contributed by atoms with Gasteiger partial charge in [0.15, 0.2) is 0 Å². The van der Waals surface area contributed by atoms with Crippen molar-refractivity contribution < 1.29 is 14.7 Å². The molecule has 0 radical (unpaired) electrons. The lowest BCUT2D eigenvalue weighted by molar-refractivity contribution is -0.142. The Labute approximate surface area is 126 Å². The standard InChI is InChI=1S/C16H24N2O3/c1-12(2)9-14(15(19)20)10-17-16(21)18(3)11-13-7-5-4-6-8-13/h4-8,12,14H,9-11H2,1-3H3,(H,17,21)(H,19,20). The number of aliphatic carboxylic acids is 1. The summed E-state index contributed by atoms with van der Waals surface area (Å²) < 4.78 is 0. The summed E-state index contributed by atoms with van der Waals surface area (Å²) in [4.78, 5) is 24.7. The molecule has 1 atom stereocenters. The van der Waals surface area contributed by atoms with E-state index in [9.17, 15) is 9.59 Å². The maximum Gasteiger partial charge on any atom is 0.317 e. The van der Waals surface area contributed by atoms with Crippen LogP contribution in [-0.2, 0) is 11.3 Å². The van der Waals surface area contributed by atoms with E-state index in [-0.39, 0.29) is 18.5 Å². The smallest absolute Gasteiger partial charge is 0.317 e. The van der Waals surface area contributed by atoms with E-state index in [0.717, 1.165) is 5.56 Å². The van der Waals surface area contributed by atoms with E-state index in [1.54, 1.807) is 11.9 Å². The molecule has 0 aromatic heterocycles. The van der Waals surface area contributed by atoms with Gasteiger partial charge in [-0.15, -0.1) is 0 Å². The fourth-order valence-electron chi connectivity index (χ4n) is 2.12. The summed E-state index contributed by atoms with van der Waals surface area (Å²) in [5.74, 6) is -1.13. The molecule has 0 heterocycles. The fraction of sp³-hybridized carbons (Fsp3) is 0.500. The van der Waals surface area contributed by atoms with E-state index < -0.39 is 11.9 Å². The van der Waals surface area contributed by atoms with Crippen LogP contribution < -0.4 is 5.32 Å². The van der Waals surface area contributed by atoms with Crippen molar-refractivity contribution in [3.05, 3.63) is 35.9 Å². The number of carboxylic acids is 1. The summed E-state index contributed by atoms with van der Waals surface area (Å²) in [5, 5.41) is 11.8. The summed E-state index contributed by atoms with van der Waals surface area (Å²) in [7, 11) is 1.69. The molecule has 0 spiro atoms. The first-order chi connectivity index (χ1) is 9.90. The molecular formula is C16H24N2O3. The zero-order valence-electron chi connectivity index (χ0n) is 12.9. The van der Waals surface area contributed by atoms with Gasteiger partial charge >= 0.3 is 12.0 Å². The fourth-order valence-corrected chi connectivity index (χ4v) is 2.12. The molecule has 2 amide bonds. The van der Waals surface area contributed by atoms with E-state index in [1.807, 2.05) is 44.2 Å². The maximum atomic E-state index is 12.0. The van der Waals surface area contributed by atoms with Gasteiger partial charge in [0, 0.05) is 20.1 Å². The number of hydrogen-bond acceptors (Lipinski definition) is 2. The quantitative estimate of drug-likeness (QED) is 0.811. The van der Waals surface area contributed by atoms with Crippen molar-refractivity contribution in [2.24, 2.45) is 11.8 Å². The maximum absolute atomic E-state index is 12.0. The summed E-state index contributed by atoms with van der Waals surface area (Å²) in [6.07, 6.45) is 0.554. The molecule has 0 saturated heterocycles. The van der Waals surface area contributed by atoms with Gasteiger partial charge in [-0.2, -0.15) is 0 Å². The van der Waals surface area contributed by atoms with Crippen LogP contribution in [-0.4, -0.2) is 35.6 Å². The minimum absolute atomic E-state index is 0.158. The zero-order valence-corrected chi connectivity index (χ0v) is 12.9. The third-order valence-corrected chi connectivity index (χ3v) is 3.21. The number of nitrogens with one attached hydrogen (secondary N) is 1. The van der Waals surface area contributed by atoms with Gasteiger partial charge in [-0.3, -0.25) is 4.79 Å². The number of urea groups is 1. The first kappa shape index (κ1) is 17.0. The van der Waals surface area contributed by atoms with Crippen LogP contribution in [0.4, 0.5) is 4.79 Å². The van der Waals surface area contributed by atoms with Gasteiger partial charge in [0.05, 0.1) is 5.92 Å². The molecule has 5 nitrogen and oxygen atoms in total. The molecular weight excluding hydrogens is 268 g/mol. The molecule has 1 rings (SSSR count). The van der Waals surface area contributed by atoms with Crippen molar-refractivity contribution in [2.75, 3.05) is 13.6 Å². The van der Waals surface area contributed by atoms with Crippen LogP contribution in [0.15, 0.2) is 30.3 Å². The molecule has 5 heteroatoms. The van der Waals surface area contributed by atoms with Gasteiger partial charge in [-0.1, -0.05) is 44.2 Å². The van der Waals surface area contributed by atoms with Crippen molar-refractivity contribution in [2.45, 2.75) is 26.8 Å². The minimum atomic E-state index is -0.866. The predicted molar refractivity (Wildman–Crippen MR) is 81.9 cm³/mol. The highest BCUT2D eigenvalue weighted by molar-refractivity contribution is 5.75. The van der Waals surface area contributed by atoms with Crippen molar-refractivity contribution in [1.29, 1.82) is 0 Å². The van der Waals surface area contributed by atoms with Gasteiger partial charge in [0.1, 0.15) is 0 Å². The van der Waals surface area contributed by atoms with E-state index in [1.165, 1.54) is 0 Å². The van der Waals surface area contributed by atoms with E-state index in [2.05, 4.69) is 5.32 Å². The van der Waals surface area contributed by atoms with Crippen LogP contribution in [0.1, 0.15) is 25.8 Å². The number of hydrogen-bond donors (Lipinski definition) is 2. The van der Waals surface area contributed by atoms with E-state index >= 15 is 0 Å². The number of amides is 2. The average molecular weight is 292 g/mol. The Balaban J connectivity index is 2.46. The van der Waals surface area contributed by atoms with E-state index in [4.69, 9.17) is 5.11 Å². The van der Waals surface area contributed by atoms with Crippen LogP contribution in [0, 0.1) is 11.8 Å². The number of carboxylic acid groups (broad SMARTS) is 1. The number of benzene rings is 1. The Morgan fingerprint density at radius 3 is 2.38 bits per heavy atom. The molecule has 0 fully saturated rings. The largest absolute Gasteiger partial charge is 0.481 e. The third kappa shape index (κ3) is 6.29. The lowest BCUT2D eigenvalue weighted by Gasteiger charge is -2.20. The molecule has 0 aliphatic rings. The number of carbonyl (C=O) groups is 2. The van der Waals surface area contributed by atoms with Crippen molar-refractivity contribution in [1.82, 2.24) is 10.2 Å². The molecule has 1 unspecified atom stereocenters. The molecule has 0 aliphatic carbocycles. The second kappa shape index (κ2) is 8.29. The summed E-state index contributed by atoms with van der Waals surface area (Å²) >= 11 is 0. The lowest BCUT2D eigenvalue weighted by atomic mass is 9.97. The monoisotopic (exact) mass is 292 g/mol. The van der Waals surface area contributed by atoms with Gasteiger partial charge < -0.3 is 15.3 Å². The first-order valence-electron chi connectivity index (χ1n) is 7.15. The van der Waals surface area contributed by atoms with Gasteiger partial charge in [-0.25, -0.2) is 4.79 Å². The molecule has 116 valence electrons. The summed E-state index contributed by atoms with van der Waals surface area (Å²) in [6.45, 7) is 4.60. The van der Waals surface area contributed by atoms with Gasteiger partial charge in [-0.05, 0) is 17.9 Å². The van der Waals surface area contributed by atoms with Crippen LogP contribution in [0.3, 0.4) is 0 Å². The predicted octanol–water partition coefficient (Wildman–Crippen LogP) is 2.57. The van der Waals surface area contributed by atoms with Crippen molar-refractivity contribution in [3.8, 4) is 0 Å². The number of rotatable bonds is 7. The van der Waals surface area contributed by atoms with Crippen molar-refractivity contribution >= 4 is 12.0 Å². The third-order valence-electron chi connectivity index (χ3n) is 3.21. The van der Waals surface area contributed by atoms with Gasteiger partial charge in [0.25, 0.3) is 0 Å². The zero-order chi connectivity index (χ0) is 15.8. The summed E-state index contributed by atoms with van der Waals surface area (Å²) in [6, 6.07) is 9.40. The molecule has 0 saturated carbocycles. The Kier molecular flexibility index (Phi) is 6.72. The van der Waals surface area contributed by atoms with Crippen molar-refractivity contribution in [3.63, 3.8) is 0 Å². The molecule has 1 aromatic carbocycles. The van der Waals surface area contributed by atoms with E-state index in [0.29, 0.717) is 13.0 Å². The number of carbonyl (C=O) groups excluding carboxylic acids is 1. The Morgan fingerprint density at radius 1 is 1.24 bits per heavy atom. The highest BCUT2D eigenvalue weighted by Gasteiger charge is 2.20. The Morgan fingerprint density at radius 2 is 1.86 bits per heavy atom. The second-order valence-electron chi connectivity index (χ2n) is 5.69.